The number of rotatable bonds is 3. The third-order valence-corrected chi connectivity index (χ3v) is 3.06. The van der Waals surface area contributed by atoms with Gasteiger partial charge in [0, 0.05) is 18.6 Å². The van der Waals surface area contributed by atoms with E-state index in [1.165, 1.54) is 0 Å². The molecule has 82 valence electrons. The van der Waals surface area contributed by atoms with E-state index < -0.39 is 0 Å². The molecule has 1 fully saturated rings. The fourth-order valence-corrected chi connectivity index (χ4v) is 1.79. The summed E-state index contributed by atoms with van der Waals surface area (Å²) in [5.41, 5.74) is 5.48. The van der Waals surface area contributed by atoms with Crippen LogP contribution in [0.4, 0.5) is 0 Å². The molecule has 0 aromatic carbocycles. The van der Waals surface area contributed by atoms with Gasteiger partial charge in [0.2, 0.25) is 0 Å². The van der Waals surface area contributed by atoms with Gasteiger partial charge in [-0.05, 0) is 19.9 Å². The first kappa shape index (κ1) is 11.3. The van der Waals surface area contributed by atoms with E-state index in [0.717, 1.165) is 19.5 Å². The van der Waals surface area contributed by atoms with Gasteiger partial charge in [-0.2, -0.15) is 0 Å². The summed E-state index contributed by atoms with van der Waals surface area (Å²) in [5, 5.41) is 20.7. The zero-order valence-corrected chi connectivity index (χ0v) is 8.77. The number of oxime groups is 1. The molecule has 0 amide bonds. The van der Waals surface area contributed by atoms with Crippen LogP contribution in [0.3, 0.4) is 0 Å². The maximum atomic E-state index is 9.18. The molecule has 1 rings (SSSR count). The predicted octanol–water partition coefficient (Wildman–Crippen LogP) is -0.174. The summed E-state index contributed by atoms with van der Waals surface area (Å²) >= 11 is 0. The van der Waals surface area contributed by atoms with Crippen molar-refractivity contribution in [3.05, 3.63) is 0 Å². The monoisotopic (exact) mass is 201 g/mol. The fourth-order valence-electron chi connectivity index (χ4n) is 1.79. The van der Waals surface area contributed by atoms with Crippen molar-refractivity contribution >= 4 is 5.84 Å². The van der Waals surface area contributed by atoms with Crippen molar-refractivity contribution in [3.63, 3.8) is 0 Å². The normalized spacial score (nSPS) is 32.1. The Morgan fingerprint density at radius 1 is 1.71 bits per heavy atom. The van der Waals surface area contributed by atoms with Crippen LogP contribution >= 0.6 is 0 Å². The number of amidine groups is 1. The Kier molecular flexibility index (Phi) is 3.34. The van der Waals surface area contributed by atoms with Gasteiger partial charge in [0.05, 0.1) is 6.04 Å². The molecule has 0 aromatic heterocycles. The van der Waals surface area contributed by atoms with E-state index in [0.29, 0.717) is 0 Å². The van der Waals surface area contributed by atoms with Crippen molar-refractivity contribution in [1.29, 1.82) is 0 Å². The van der Waals surface area contributed by atoms with Crippen molar-refractivity contribution < 1.29 is 10.3 Å². The number of hydrogen-bond donors (Lipinski definition) is 3. The summed E-state index contributed by atoms with van der Waals surface area (Å²) in [5.74, 6) is 0.229. The lowest BCUT2D eigenvalue weighted by atomic mass is 9.91. The Balaban J connectivity index is 2.58. The van der Waals surface area contributed by atoms with Crippen molar-refractivity contribution in [2.24, 2.45) is 16.3 Å². The van der Waals surface area contributed by atoms with Crippen molar-refractivity contribution in [1.82, 2.24) is 4.90 Å². The Morgan fingerprint density at radius 3 is 2.79 bits per heavy atom. The molecular weight excluding hydrogens is 182 g/mol. The minimum atomic E-state index is -0.0617. The van der Waals surface area contributed by atoms with Gasteiger partial charge in [0.15, 0.2) is 5.84 Å². The zero-order valence-electron chi connectivity index (χ0n) is 8.77. The fraction of sp³-hybridized carbons (Fsp3) is 0.889. The summed E-state index contributed by atoms with van der Waals surface area (Å²) in [6, 6.07) is -0.0617. The quantitative estimate of drug-likeness (QED) is 0.256. The standard InChI is InChI=1S/C9H19N3O2/c1-7(8(10)11-14)12-4-3-9(2,5-12)6-13/h7,13-14H,3-6H2,1-2H3,(H2,10,11). The van der Waals surface area contributed by atoms with E-state index in [4.69, 9.17) is 10.9 Å². The Hall–Kier alpha value is -0.810. The molecule has 4 N–H and O–H groups in total. The van der Waals surface area contributed by atoms with E-state index in [9.17, 15) is 5.11 Å². The molecule has 0 aliphatic carbocycles. The molecule has 0 saturated carbocycles. The number of aliphatic hydroxyl groups is 1. The smallest absolute Gasteiger partial charge is 0.156 e. The lowest BCUT2D eigenvalue weighted by Crippen LogP contribution is -2.42. The van der Waals surface area contributed by atoms with E-state index in [1.807, 2.05) is 13.8 Å². The maximum absolute atomic E-state index is 9.18. The number of nitrogens with two attached hydrogens (primary N) is 1. The third kappa shape index (κ3) is 2.16. The molecule has 0 bridgehead atoms. The summed E-state index contributed by atoms with van der Waals surface area (Å²) in [6.07, 6.45) is 0.951. The van der Waals surface area contributed by atoms with Crippen molar-refractivity contribution in [2.45, 2.75) is 26.3 Å². The number of hydrogen-bond acceptors (Lipinski definition) is 4. The van der Waals surface area contributed by atoms with E-state index >= 15 is 0 Å². The van der Waals surface area contributed by atoms with Gasteiger partial charge >= 0.3 is 0 Å². The Bertz CT molecular complexity index is 232. The molecule has 0 aromatic rings. The van der Waals surface area contributed by atoms with Gasteiger partial charge in [-0.3, -0.25) is 4.90 Å². The van der Waals surface area contributed by atoms with Gasteiger partial charge in [-0.1, -0.05) is 12.1 Å². The van der Waals surface area contributed by atoms with Gasteiger partial charge in [-0.15, -0.1) is 0 Å². The summed E-state index contributed by atoms with van der Waals surface area (Å²) in [6.45, 7) is 5.81. The van der Waals surface area contributed by atoms with E-state index in [2.05, 4.69) is 10.1 Å². The van der Waals surface area contributed by atoms with Crippen LogP contribution < -0.4 is 5.73 Å². The van der Waals surface area contributed by atoms with Crippen LogP contribution in [0.25, 0.3) is 0 Å². The third-order valence-electron chi connectivity index (χ3n) is 3.06. The number of likely N-dealkylation sites (tertiary alicyclic amines) is 1. The minimum absolute atomic E-state index is 0.0377. The van der Waals surface area contributed by atoms with Crippen molar-refractivity contribution in [3.8, 4) is 0 Å². The first-order chi connectivity index (χ1) is 6.52. The highest BCUT2D eigenvalue weighted by Gasteiger charge is 2.36. The Morgan fingerprint density at radius 2 is 2.36 bits per heavy atom. The van der Waals surface area contributed by atoms with Gasteiger partial charge in [-0.25, -0.2) is 0 Å². The Labute approximate surface area is 84.2 Å². The van der Waals surface area contributed by atoms with Crippen LogP contribution in [-0.4, -0.2) is 46.8 Å². The largest absolute Gasteiger partial charge is 0.409 e. The molecule has 14 heavy (non-hydrogen) atoms. The zero-order chi connectivity index (χ0) is 10.8. The SMILES string of the molecule is CC(/C(N)=N/O)N1CCC(C)(CO)C1. The van der Waals surface area contributed by atoms with Gasteiger partial charge in [0.25, 0.3) is 0 Å². The molecular formula is C9H19N3O2. The molecule has 0 spiro atoms. The van der Waals surface area contributed by atoms with Crippen LogP contribution in [0, 0.1) is 5.41 Å². The molecule has 0 radical (unpaired) electrons. The van der Waals surface area contributed by atoms with E-state index in [1.54, 1.807) is 0 Å². The topological polar surface area (TPSA) is 82.1 Å². The minimum Gasteiger partial charge on any atom is -0.409 e. The first-order valence-electron chi connectivity index (χ1n) is 4.85. The molecule has 2 atom stereocenters. The molecule has 1 saturated heterocycles. The number of aliphatic hydroxyl groups excluding tert-OH is 1. The lowest BCUT2D eigenvalue weighted by Gasteiger charge is -2.25. The van der Waals surface area contributed by atoms with Crippen LogP contribution in [-0.2, 0) is 0 Å². The van der Waals surface area contributed by atoms with Gasteiger partial charge < -0.3 is 16.0 Å². The lowest BCUT2D eigenvalue weighted by molar-refractivity contribution is 0.142. The molecule has 1 heterocycles. The average Bonchev–Trinajstić information content (AvgIpc) is 2.59. The molecule has 5 nitrogen and oxygen atoms in total. The molecule has 2 unspecified atom stereocenters. The molecule has 5 heteroatoms. The molecule has 1 aliphatic rings. The second-order valence-corrected chi connectivity index (χ2v) is 4.39. The predicted molar refractivity (Wildman–Crippen MR) is 54.3 cm³/mol. The highest BCUT2D eigenvalue weighted by Crippen LogP contribution is 2.30. The van der Waals surface area contributed by atoms with Crippen LogP contribution in [0.5, 0.6) is 0 Å². The summed E-state index contributed by atoms with van der Waals surface area (Å²) in [7, 11) is 0. The second-order valence-electron chi connectivity index (χ2n) is 4.39. The highest BCUT2D eigenvalue weighted by molar-refractivity contribution is 5.84. The number of nitrogens with zero attached hydrogens (tertiary/aromatic N) is 2. The average molecular weight is 201 g/mol. The summed E-state index contributed by atoms with van der Waals surface area (Å²) < 4.78 is 0. The van der Waals surface area contributed by atoms with Crippen LogP contribution in [0.1, 0.15) is 20.3 Å². The van der Waals surface area contributed by atoms with E-state index in [-0.39, 0.29) is 23.9 Å². The first-order valence-corrected chi connectivity index (χ1v) is 4.85. The van der Waals surface area contributed by atoms with Crippen molar-refractivity contribution in [2.75, 3.05) is 19.7 Å². The van der Waals surface area contributed by atoms with Gasteiger partial charge in [0.1, 0.15) is 0 Å². The maximum Gasteiger partial charge on any atom is 0.156 e. The molecule has 1 aliphatic heterocycles. The van der Waals surface area contributed by atoms with Crippen LogP contribution in [0.15, 0.2) is 5.16 Å². The summed E-state index contributed by atoms with van der Waals surface area (Å²) in [4.78, 5) is 2.12. The highest BCUT2D eigenvalue weighted by atomic mass is 16.4. The second kappa shape index (κ2) is 4.14. The van der Waals surface area contributed by atoms with Crippen LogP contribution in [0.2, 0.25) is 0 Å².